The molecule has 4 nitrogen and oxygen atoms in total. The third-order valence-corrected chi connectivity index (χ3v) is 1.44. The summed E-state index contributed by atoms with van der Waals surface area (Å²) in [5.41, 5.74) is 0. The topological polar surface area (TPSA) is 50.4 Å². The molecule has 0 radical (unpaired) electrons. The molecule has 0 fully saturated rings. The van der Waals surface area contributed by atoms with Crippen LogP contribution in [0.2, 0.25) is 0 Å². The van der Waals surface area contributed by atoms with E-state index in [1.165, 1.54) is 0 Å². The Morgan fingerprint density at radius 3 is 2.54 bits per heavy atom. The summed E-state index contributed by atoms with van der Waals surface area (Å²) in [6, 6.07) is 0. The summed E-state index contributed by atoms with van der Waals surface area (Å²) in [4.78, 5) is 10.9. The van der Waals surface area contributed by atoms with Gasteiger partial charge in [0.2, 0.25) is 0 Å². The minimum absolute atomic E-state index is 0.319. The van der Waals surface area contributed by atoms with Crippen LogP contribution in [0.4, 0.5) is 4.79 Å². The standard InChI is InChI=1S/C9H20N2O2/c1-3-5-10-6-7-11-9(12)13-8-4-2/h10H,3-8H2,1-2H3,(H,11,12). The third kappa shape index (κ3) is 9.14. The fourth-order valence-corrected chi connectivity index (χ4v) is 0.801. The average Bonchev–Trinajstić information content (AvgIpc) is 2.14. The zero-order chi connectivity index (χ0) is 9.94. The first-order valence-corrected chi connectivity index (χ1v) is 4.92. The molecule has 0 spiro atoms. The first kappa shape index (κ1) is 12.2. The zero-order valence-corrected chi connectivity index (χ0v) is 8.56. The molecule has 0 bridgehead atoms. The van der Waals surface area contributed by atoms with Crippen LogP contribution in [0.5, 0.6) is 0 Å². The Morgan fingerprint density at radius 1 is 1.15 bits per heavy atom. The molecule has 1 amide bonds. The van der Waals surface area contributed by atoms with Gasteiger partial charge >= 0.3 is 6.09 Å². The van der Waals surface area contributed by atoms with Crippen LogP contribution in [-0.4, -0.2) is 32.3 Å². The first-order valence-electron chi connectivity index (χ1n) is 4.92. The van der Waals surface area contributed by atoms with Crippen LogP contribution >= 0.6 is 0 Å². The maximum Gasteiger partial charge on any atom is 0.407 e. The minimum atomic E-state index is -0.319. The molecule has 0 atom stereocenters. The molecule has 0 saturated heterocycles. The number of alkyl carbamates (subject to hydrolysis) is 1. The lowest BCUT2D eigenvalue weighted by atomic mass is 10.5. The normalized spacial score (nSPS) is 9.69. The Labute approximate surface area is 80.0 Å². The molecular formula is C9H20N2O2. The number of ether oxygens (including phenoxy) is 1. The van der Waals surface area contributed by atoms with Crippen LogP contribution in [0.3, 0.4) is 0 Å². The number of carbonyl (C=O) groups is 1. The Bertz CT molecular complexity index is 129. The monoisotopic (exact) mass is 188 g/mol. The van der Waals surface area contributed by atoms with Gasteiger partial charge in [0, 0.05) is 13.1 Å². The third-order valence-electron chi connectivity index (χ3n) is 1.44. The lowest BCUT2D eigenvalue weighted by molar-refractivity contribution is 0.146. The second-order valence-corrected chi connectivity index (χ2v) is 2.81. The summed E-state index contributed by atoms with van der Waals surface area (Å²) >= 11 is 0. The minimum Gasteiger partial charge on any atom is -0.450 e. The van der Waals surface area contributed by atoms with Gasteiger partial charge in [-0.15, -0.1) is 0 Å². The predicted octanol–water partition coefficient (Wildman–Crippen LogP) is 1.12. The summed E-state index contributed by atoms with van der Waals surface area (Å²) in [6.45, 7) is 6.99. The van der Waals surface area contributed by atoms with Crippen molar-refractivity contribution < 1.29 is 9.53 Å². The van der Waals surface area contributed by atoms with Gasteiger partial charge in [0.05, 0.1) is 6.61 Å². The van der Waals surface area contributed by atoms with Gasteiger partial charge in [0.25, 0.3) is 0 Å². The molecule has 0 heterocycles. The molecule has 0 rings (SSSR count). The van der Waals surface area contributed by atoms with Gasteiger partial charge < -0.3 is 15.4 Å². The first-order chi connectivity index (χ1) is 6.31. The molecule has 0 unspecified atom stereocenters. The maximum atomic E-state index is 10.9. The quantitative estimate of drug-likeness (QED) is 0.589. The zero-order valence-electron chi connectivity index (χ0n) is 8.56. The Hall–Kier alpha value is -0.770. The lowest BCUT2D eigenvalue weighted by Gasteiger charge is -2.06. The van der Waals surface area contributed by atoms with Crippen LogP contribution in [0.15, 0.2) is 0 Å². The fourth-order valence-electron chi connectivity index (χ4n) is 0.801. The van der Waals surface area contributed by atoms with Crippen LogP contribution in [0.25, 0.3) is 0 Å². The van der Waals surface area contributed by atoms with E-state index in [2.05, 4.69) is 17.6 Å². The van der Waals surface area contributed by atoms with Crippen LogP contribution in [0.1, 0.15) is 26.7 Å². The van der Waals surface area contributed by atoms with Crippen molar-refractivity contribution in [2.75, 3.05) is 26.2 Å². The highest BCUT2D eigenvalue weighted by molar-refractivity contribution is 5.66. The number of hydrogen-bond donors (Lipinski definition) is 2. The molecule has 0 aliphatic carbocycles. The van der Waals surface area contributed by atoms with Crippen LogP contribution in [-0.2, 0) is 4.74 Å². The summed E-state index contributed by atoms with van der Waals surface area (Å²) in [6.07, 6.45) is 1.65. The van der Waals surface area contributed by atoms with Crippen molar-refractivity contribution >= 4 is 6.09 Å². The van der Waals surface area contributed by atoms with Crippen molar-refractivity contribution in [1.29, 1.82) is 0 Å². The van der Waals surface area contributed by atoms with Crippen LogP contribution < -0.4 is 10.6 Å². The second kappa shape index (κ2) is 9.32. The van der Waals surface area contributed by atoms with Crippen molar-refractivity contribution in [3.63, 3.8) is 0 Å². The number of nitrogens with one attached hydrogen (secondary N) is 2. The number of rotatable bonds is 7. The number of hydrogen-bond acceptors (Lipinski definition) is 3. The smallest absolute Gasteiger partial charge is 0.407 e. The Morgan fingerprint density at radius 2 is 1.92 bits per heavy atom. The molecule has 2 N–H and O–H groups in total. The second-order valence-electron chi connectivity index (χ2n) is 2.81. The van der Waals surface area contributed by atoms with E-state index in [-0.39, 0.29) is 6.09 Å². The van der Waals surface area contributed by atoms with E-state index in [4.69, 9.17) is 4.74 Å². The lowest BCUT2D eigenvalue weighted by Crippen LogP contribution is -2.32. The van der Waals surface area contributed by atoms with Gasteiger partial charge in [-0.1, -0.05) is 13.8 Å². The summed E-state index contributed by atoms with van der Waals surface area (Å²) < 4.78 is 4.82. The van der Waals surface area contributed by atoms with E-state index in [0.29, 0.717) is 13.2 Å². The maximum absolute atomic E-state index is 10.9. The van der Waals surface area contributed by atoms with E-state index in [1.54, 1.807) is 0 Å². The van der Waals surface area contributed by atoms with Gasteiger partial charge in [0.15, 0.2) is 0 Å². The van der Waals surface area contributed by atoms with Crippen molar-refractivity contribution in [3.8, 4) is 0 Å². The van der Waals surface area contributed by atoms with E-state index in [0.717, 1.165) is 25.9 Å². The highest BCUT2D eigenvalue weighted by Crippen LogP contribution is 1.80. The highest BCUT2D eigenvalue weighted by atomic mass is 16.5. The van der Waals surface area contributed by atoms with Gasteiger partial charge in [0.1, 0.15) is 0 Å². The van der Waals surface area contributed by atoms with Crippen LogP contribution in [0, 0.1) is 0 Å². The average molecular weight is 188 g/mol. The molecule has 0 aliphatic heterocycles. The van der Waals surface area contributed by atoms with E-state index in [1.807, 2.05) is 6.92 Å². The molecule has 13 heavy (non-hydrogen) atoms. The molecular weight excluding hydrogens is 168 g/mol. The fraction of sp³-hybridized carbons (Fsp3) is 0.889. The van der Waals surface area contributed by atoms with Gasteiger partial charge in [-0.3, -0.25) is 0 Å². The SMILES string of the molecule is CCCNCCNC(=O)OCCC. The van der Waals surface area contributed by atoms with Crippen molar-refractivity contribution in [3.05, 3.63) is 0 Å². The molecule has 0 aromatic heterocycles. The summed E-state index contributed by atoms with van der Waals surface area (Å²) in [5.74, 6) is 0. The van der Waals surface area contributed by atoms with E-state index >= 15 is 0 Å². The van der Waals surface area contributed by atoms with E-state index in [9.17, 15) is 4.79 Å². The summed E-state index contributed by atoms with van der Waals surface area (Å²) in [5, 5.41) is 5.83. The van der Waals surface area contributed by atoms with Crippen molar-refractivity contribution in [1.82, 2.24) is 10.6 Å². The number of amides is 1. The summed E-state index contributed by atoms with van der Waals surface area (Å²) in [7, 11) is 0. The molecule has 0 aromatic rings. The van der Waals surface area contributed by atoms with Gasteiger partial charge in [-0.2, -0.15) is 0 Å². The van der Waals surface area contributed by atoms with Gasteiger partial charge in [-0.05, 0) is 19.4 Å². The van der Waals surface area contributed by atoms with Crippen molar-refractivity contribution in [2.24, 2.45) is 0 Å². The van der Waals surface area contributed by atoms with Crippen molar-refractivity contribution in [2.45, 2.75) is 26.7 Å². The highest BCUT2D eigenvalue weighted by Gasteiger charge is 1.97. The molecule has 0 aromatic carbocycles. The molecule has 78 valence electrons. The Kier molecular flexibility index (Phi) is 8.77. The molecule has 4 heteroatoms. The predicted molar refractivity (Wildman–Crippen MR) is 52.8 cm³/mol. The largest absolute Gasteiger partial charge is 0.450 e. The molecule has 0 aliphatic rings. The van der Waals surface area contributed by atoms with Gasteiger partial charge in [-0.25, -0.2) is 4.79 Å². The Balaban J connectivity index is 3.08. The van der Waals surface area contributed by atoms with E-state index < -0.39 is 0 Å². The molecule has 0 saturated carbocycles. The number of carbonyl (C=O) groups excluding carboxylic acids is 1.